The number of benzene rings is 3. The number of carbonyl (C=O) groups excluding carboxylic acids is 3. The van der Waals surface area contributed by atoms with Crippen LogP contribution in [0.1, 0.15) is 31.2 Å². The minimum Gasteiger partial charge on any atom is -0.465 e. The number of fused-ring (bicyclic) bond motifs is 1. The maximum atomic E-state index is 12.9. The molecule has 3 aromatic carbocycles. The summed E-state index contributed by atoms with van der Waals surface area (Å²) in [4.78, 5) is 36.9. The van der Waals surface area contributed by atoms with Crippen LogP contribution in [-0.2, 0) is 9.47 Å². The number of ether oxygens (including phenoxy) is 2. The molecule has 1 heterocycles. The van der Waals surface area contributed by atoms with Crippen molar-refractivity contribution in [2.45, 2.75) is 0 Å². The third kappa shape index (κ3) is 3.93. The minimum atomic E-state index is -0.655. The summed E-state index contributed by atoms with van der Waals surface area (Å²) in [6.45, 7) is 0. The lowest BCUT2D eigenvalue weighted by atomic mass is 10.0. The largest absolute Gasteiger partial charge is 0.465 e. The van der Waals surface area contributed by atoms with E-state index >= 15 is 0 Å². The molecule has 32 heavy (non-hydrogen) atoms. The number of esters is 2. The van der Waals surface area contributed by atoms with Gasteiger partial charge in [0.15, 0.2) is 0 Å². The number of anilines is 1. The van der Waals surface area contributed by atoms with E-state index in [0.29, 0.717) is 5.69 Å². The number of aromatic amines is 1. The first-order valence-electron chi connectivity index (χ1n) is 9.67. The second-order valence-corrected chi connectivity index (χ2v) is 6.89. The van der Waals surface area contributed by atoms with Crippen molar-refractivity contribution in [1.82, 2.24) is 10.2 Å². The van der Waals surface area contributed by atoms with E-state index in [0.717, 1.165) is 16.3 Å². The summed E-state index contributed by atoms with van der Waals surface area (Å²) in [5.74, 6) is -1.79. The van der Waals surface area contributed by atoms with Crippen molar-refractivity contribution in [1.29, 1.82) is 0 Å². The quantitative estimate of drug-likeness (QED) is 0.463. The fourth-order valence-corrected chi connectivity index (χ4v) is 3.39. The molecule has 0 bridgehead atoms. The van der Waals surface area contributed by atoms with Crippen molar-refractivity contribution in [3.8, 4) is 11.3 Å². The Balaban J connectivity index is 1.66. The number of nitrogens with one attached hydrogen (secondary N) is 2. The molecule has 0 radical (unpaired) electrons. The number of rotatable bonds is 5. The topological polar surface area (TPSA) is 110 Å². The molecule has 160 valence electrons. The van der Waals surface area contributed by atoms with Crippen LogP contribution < -0.4 is 5.32 Å². The van der Waals surface area contributed by atoms with E-state index in [4.69, 9.17) is 9.47 Å². The normalized spacial score (nSPS) is 10.6. The number of hydrogen-bond acceptors (Lipinski definition) is 6. The van der Waals surface area contributed by atoms with Crippen LogP contribution in [0.3, 0.4) is 0 Å². The zero-order valence-electron chi connectivity index (χ0n) is 17.3. The van der Waals surface area contributed by atoms with Gasteiger partial charge in [-0.25, -0.2) is 9.59 Å². The number of nitrogens with zero attached hydrogens (tertiary/aromatic N) is 1. The molecule has 0 saturated carbocycles. The van der Waals surface area contributed by atoms with E-state index in [1.54, 1.807) is 6.07 Å². The first-order valence-corrected chi connectivity index (χ1v) is 9.67. The van der Waals surface area contributed by atoms with Gasteiger partial charge in [-0.1, -0.05) is 42.5 Å². The van der Waals surface area contributed by atoms with E-state index in [9.17, 15) is 14.4 Å². The molecular weight excluding hydrogens is 410 g/mol. The molecule has 0 spiro atoms. The number of carbonyl (C=O) groups is 3. The summed E-state index contributed by atoms with van der Waals surface area (Å²) < 4.78 is 9.48. The summed E-state index contributed by atoms with van der Waals surface area (Å²) in [6, 6.07) is 19.5. The summed E-state index contributed by atoms with van der Waals surface area (Å²) in [5.41, 5.74) is 2.06. The van der Waals surface area contributed by atoms with Gasteiger partial charge in [-0.05, 0) is 35.0 Å². The molecule has 8 nitrogen and oxygen atoms in total. The van der Waals surface area contributed by atoms with Crippen LogP contribution in [0.5, 0.6) is 0 Å². The van der Waals surface area contributed by atoms with Gasteiger partial charge in [0.05, 0.1) is 36.7 Å². The molecule has 4 rings (SSSR count). The van der Waals surface area contributed by atoms with E-state index < -0.39 is 17.8 Å². The van der Waals surface area contributed by atoms with Crippen LogP contribution >= 0.6 is 0 Å². The first-order chi connectivity index (χ1) is 15.5. The fraction of sp³-hybridized carbons (Fsp3) is 0.0833. The summed E-state index contributed by atoms with van der Waals surface area (Å²) >= 11 is 0. The van der Waals surface area contributed by atoms with Gasteiger partial charge in [0.2, 0.25) is 0 Å². The molecule has 0 unspecified atom stereocenters. The molecule has 0 aliphatic heterocycles. The van der Waals surface area contributed by atoms with Crippen LogP contribution in [0.15, 0.2) is 66.7 Å². The molecular formula is C24H19N3O5. The maximum Gasteiger partial charge on any atom is 0.339 e. The van der Waals surface area contributed by atoms with Gasteiger partial charge in [-0.3, -0.25) is 9.89 Å². The van der Waals surface area contributed by atoms with Crippen LogP contribution in [-0.4, -0.2) is 42.3 Å². The Kier molecular flexibility index (Phi) is 5.67. The monoisotopic (exact) mass is 429 g/mol. The smallest absolute Gasteiger partial charge is 0.339 e. The summed E-state index contributed by atoms with van der Waals surface area (Å²) in [5, 5.41) is 11.7. The van der Waals surface area contributed by atoms with Crippen molar-refractivity contribution < 1.29 is 23.9 Å². The van der Waals surface area contributed by atoms with Crippen LogP contribution in [0.2, 0.25) is 0 Å². The Morgan fingerprint density at radius 2 is 1.62 bits per heavy atom. The average Bonchev–Trinajstić information content (AvgIpc) is 3.33. The molecule has 0 atom stereocenters. The molecule has 0 aliphatic carbocycles. The zero-order chi connectivity index (χ0) is 22.7. The Labute approximate surface area is 183 Å². The highest BCUT2D eigenvalue weighted by Crippen LogP contribution is 2.28. The van der Waals surface area contributed by atoms with Gasteiger partial charge < -0.3 is 14.8 Å². The zero-order valence-corrected chi connectivity index (χ0v) is 17.3. The molecule has 0 saturated heterocycles. The molecule has 8 heteroatoms. The Hall–Kier alpha value is -4.46. The highest BCUT2D eigenvalue weighted by molar-refractivity contribution is 6.09. The van der Waals surface area contributed by atoms with Gasteiger partial charge in [0.1, 0.15) is 5.69 Å². The van der Waals surface area contributed by atoms with Gasteiger partial charge in [-0.15, -0.1) is 0 Å². The van der Waals surface area contributed by atoms with Crippen LogP contribution in [0, 0.1) is 0 Å². The highest BCUT2D eigenvalue weighted by atomic mass is 16.5. The number of aromatic nitrogens is 2. The maximum absolute atomic E-state index is 12.9. The van der Waals surface area contributed by atoms with Crippen molar-refractivity contribution >= 4 is 34.3 Å². The fourth-order valence-electron chi connectivity index (χ4n) is 3.39. The third-order valence-corrected chi connectivity index (χ3v) is 4.98. The number of hydrogen-bond donors (Lipinski definition) is 2. The lowest BCUT2D eigenvalue weighted by Gasteiger charge is -2.10. The Bertz CT molecular complexity index is 1340. The predicted molar refractivity (Wildman–Crippen MR) is 119 cm³/mol. The van der Waals surface area contributed by atoms with Crippen molar-refractivity contribution in [3.63, 3.8) is 0 Å². The standard InChI is InChI=1S/C24H19N3O5/c1-31-23(29)15-10-11-18(24(30)32-2)19(12-15)25-22(28)21-13-20(26-27-21)17-9-5-7-14-6-3-4-8-16(14)17/h3-13H,1-2H3,(H,25,28)(H,26,27). The van der Waals surface area contributed by atoms with Gasteiger partial charge >= 0.3 is 11.9 Å². The molecule has 1 aromatic heterocycles. The molecule has 0 aliphatic rings. The van der Waals surface area contributed by atoms with Crippen molar-refractivity contribution in [2.75, 3.05) is 19.5 Å². The van der Waals surface area contributed by atoms with Gasteiger partial charge in [0, 0.05) is 5.56 Å². The number of amides is 1. The van der Waals surface area contributed by atoms with Crippen molar-refractivity contribution in [2.24, 2.45) is 0 Å². The lowest BCUT2D eigenvalue weighted by Crippen LogP contribution is -2.17. The van der Waals surface area contributed by atoms with E-state index in [-0.39, 0.29) is 22.5 Å². The molecule has 4 aromatic rings. The third-order valence-electron chi connectivity index (χ3n) is 4.98. The highest BCUT2D eigenvalue weighted by Gasteiger charge is 2.19. The minimum absolute atomic E-state index is 0.0993. The second kappa shape index (κ2) is 8.73. The molecule has 0 fully saturated rings. The van der Waals surface area contributed by atoms with E-state index in [1.807, 2.05) is 42.5 Å². The Morgan fingerprint density at radius 1 is 0.875 bits per heavy atom. The predicted octanol–water partition coefficient (Wildman–Crippen LogP) is 4.06. The van der Waals surface area contributed by atoms with E-state index in [1.165, 1.54) is 32.4 Å². The van der Waals surface area contributed by atoms with Crippen molar-refractivity contribution in [3.05, 3.63) is 83.6 Å². The summed E-state index contributed by atoms with van der Waals surface area (Å²) in [7, 11) is 2.47. The summed E-state index contributed by atoms with van der Waals surface area (Å²) in [6.07, 6.45) is 0. The number of methoxy groups -OCH3 is 2. The number of H-pyrrole nitrogens is 1. The lowest BCUT2D eigenvalue weighted by molar-refractivity contribution is 0.0587. The Morgan fingerprint density at radius 3 is 2.41 bits per heavy atom. The first kappa shape index (κ1) is 20.8. The average molecular weight is 429 g/mol. The van der Waals surface area contributed by atoms with Crippen LogP contribution in [0.25, 0.3) is 22.0 Å². The molecule has 1 amide bonds. The van der Waals surface area contributed by atoms with E-state index in [2.05, 4.69) is 15.5 Å². The molecule has 2 N–H and O–H groups in total. The SMILES string of the molecule is COC(=O)c1ccc(C(=O)OC)c(NC(=O)c2cc(-c3cccc4ccccc34)n[nH]2)c1. The van der Waals surface area contributed by atoms with Crippen LogP contribution in [0.4, 0.5) is 5.69 Å². The van der Waals surface area contributed by atoms with Gasteiger partial charge in [0.25, 0.3) is 5.91 Å². The second-order valence-electron chi connectivity index (χ2n) is 6.89. The van der Waals surface area contributed by atoms with Gasteiger partial charge in [-0.2, -0.15) is 5.10 Å².